The van der Waals surface area contributed by atoms with E-state index in [2.05, 4.69) is 41.3 Å². The summed E-state index contributed by atoms with van der Waals surface area (Å²) >= 11 is 0. The average Bonchev–Trinajstić information content (AvgIpc) is 3.75. The minimum atomic E-state index is -0.755. The summed E-state index contributed by atoms with van der Waals surface area (Å²) in [6.07, 6.45) is 5.82. The van der Waals surface area contributed by atoms with Gasteiger partial charge in [-0.05, 0) is 41.3 Å². The van der Waals surface area contributed by atoms with Crippen LogP contribution >= 0.6 is 0 Å². The molecule has 4 heterocycles. The summed E-state index contributed by atoms with van der Waals surface area (Å²) in [7, 11) is 0. The number of tetrazole rings is 1. The monoisotopic (exact) mass is 575 g/mol. The summed E-state index contributed by atoms with van der Waals surface area (Å²) in [4.78, 5) is 45.8. The van der Waals surface area contributed by atoms with E-state index in [-0.39, 0.29) is 30.6 Å². The Balaban J connectivity index is 1.38. The maximum Gasteiger partial charge on any atom is 0.272 e. The first kappa shape index (κ1) is 28.4. The van der Waals surface area contributed by atoms with Gasteiger partial charge in [0.25, 0.3) is 5.91 Å². The number of hydrogen-bond donors (Lipinski definition) is 3. The van der Waals surface area contributed by atoms with Crippen molar-refractivity contribution in [3.8, 4) is 23.0 Å². The van der Waals surface area contributed by atoms with Gasteiger partial charge in [-0.3, -0.25) is 19.5 Å². The number of benzene rings is 1. The van der Waals surface area contributed by atoms with Crippen LogP contribution in [0.1, 0.15) is 37.2 Å². The van der Waals surface area contributed by atoms with Crippen molar-refractivity contribution in [3.63, 3.8) is 0 Å². The molecule has 3 aromatic heterocycles. The van der Waals surface area contributed by atoms with Crippen LogP contribution in [0.15, 0.2) is 49.1 Å². The molecule has 0 saturated carbocycles. The zero-order valence-electron chi connectivity index (χ0n) is 23.4. The number of nitrogens with one attached hydrogen (secondary N) is 3. The Morgan fingerprint density at radius 3 is 2.88 bits per heavy atom. The van der Waals surface area contributed by atoms with E-state index in [1.807, 2.05) is 48.9 Å². The number of aromatic nitrogens is 8. The fraction of sp³-hybridized carbons (Fsp3) is 0.407. The molecular weight excluding hydrogens is 542 g/mol. The minimum absolute atomic E-state index is 0.149. The van der Waals surface area contributed by atoms with Gasteiger partial charge in [0.05, 0.1) is 13.2 Å². The number of amides is 3. The van der Waals surface area contributed by atoms with Gasteiger partial charge in [-0.1, -0.05) is 26.0 Å². The number of carbonyl (C=O) groups is 3. The van der Waals surface area contributed by atoms with Gasteiger partial charge in [-0.25, -0.2) is 4.98 Å². The highest BCUT2D eigenvalue weighted by Gasteiger charge is 2.26. The Hall–Kier alpha value is -5.08. The van der Waals surface area contributed by atoms with Gasteiger partial charge < -0.3 is 24.8 Å². The Morgan fingerprint density at radius 1 is 1.19 bits per heavy atom. The smallest absolute Gasteiger partial charge is 0.272 e. The second-order valence-corrected chi connectivity index (χ2v) is 10.3. The molecule has 0 aliphatic carbocycles. The van der Waals surface area contributed by atoms with Crippen molar-refractivity contribution in [2.45, 2.75) is 39.3 Å². The normalized spacial score (nSPS) is 17.0. The van der Waals surface area contributed by atoms with Crippen LogP contribution in [0.5, 0.6) is 5.75 Å². The largest absolute Gasteiger partial charge is 0.494 e. The van der Waals surface area contributed by atoms with E-state index in [0.717, 1.165) is 11.4 Å². The molecule has 1 aliphatic rings. The van der Waals surface area contributed by atoms with E-state index in [0.29, 0.717) is 44.1 Å². The first-order valence-corrected chi connectivity index (χ1v) is 13.8. The van der Waals surface area contributed by atoms with Gasteiger partial charge in [-0.15, -0.1) is 5.10 Å². The number of aromatic amines is 1. The topological polar surface area (TPSA) is 178 Å². The lowest BCUT2D eigenvalue weighted by atomic mass is 10.0. The molecule has 15 nitrogen and oxygen atoms in total. The maximum absolute atomic E-state index is 13.5. The number of hydrogen-bond acceptors (Lipinski definition) is 9. The molecule has 0 unspecified atom stereocenters. The summed E-state index contributed by atoms with van der Waals surface area (Å²) < 4.78 is 9.26. The number of rotatable bonds is 4. The standard InChI is InChI=1S/C27H33N11O4/c1-18(2)13-21-26(40)29-8-11-36-10-7-28-25(36)19-5-3-6-20(14-19)42-12-4-9-37(16-24(39)31-21)27(41)22-15-23(33-32-22)38-17-30-34-35-38/h3,5-7,10,14-15,17-18,21H,4,8-9,11-13,16H2,1-2H3,(H,29,40)(H,31,39)(H,32,33)/t21-/m1/s1. The van der Waals surface area contributed by atoms with Crippen LogP contribution in [0.3, 0.4) is 0 Å². The third kappa shape index (κ3) is 6.97. The molecule has 0 saturated heterocycles. The van der Waals surface area contributed by atoms with Crippen LogP contribution < -0.4 is 15.4 Å². The van der Waals surface area contributed by atoms with E-state index >= 15 is 0 Å². The SMILES string of the molecule is CC(C)C[C@H]1NC(=O)CN(C(=O)c2cc(-n3cnnn3)n[nH]2)CCCOc2cccc(c2)-c2nccn2CCNC1=O. The van der Waals surface area contributed by atoms with E-state index < -0.39 is 17.9 Å². The number of ether oxygens (including phenoxy) is 1. The Morgan fingerprint density at radius 2 is 2.07 bits per heavy atom. The molecule has 0 spiro atoms. The molecule has 3 amide bonds. The van der Waals surface area contributed by atoms with E-state index in [4.69, 9.17) is 4.74 Å². The highest BCUT2D eigenvalue weighted by atomic mass is 16.5. The molecule has 3 N–H and O–H groups in total. The third-order valence-corrected chi connectivity index (χ3v) is 6.66. The summed E-state index contributed by atoms with van der Waals surface area (Å²) in [5, 5.41) is 23.5. The van der Waals surface area contributed by atoms with Crippen molar-refractivity contribution in [2.75, 3.05) is 26.2 Å². The first-order chi connectivity index (χ1) is 20.4. The zero-order chi connectivity index (χ0) is 29.5. The molecule has 5 rings (SSSR count). The van der Waals surface area contributed by atoms with Crippen molar-refractivity contribution in [1.29, 1.82) is 0 Å². The molecule has 0 radical (unpaired) electrons. The average molecular weight is 576 g/mol. The summed E-state index contributed by atoms with van der Waals surface area (Å²) in [5.41, 5.74) is 1.04. The van der Waals surface area contributed by atoms with Crippen molar-refractivity contribution in [3.05, 3.63) is 54.7 Å². The first-order valence-electron chi connectivity index (χ1n) is 13.8. The fourth-order valence-electron chi connectivity index (χ4n) is 4.69. The molecule has 4 aromatic rings. The van der Waals surface area contributed by atoms with Crippen molar-refractivity contribution in [1.82, 2.24) is 55.5 Å². The molecule has 2 bridgehead atoms. The number of fused-ring (bicyclic) bond motifs is 4. The van der Waals surface area contributed by atoms with Crippen LogP contribution in [0, 0.1) is 5.92 Å². The second-order valence-electron chi connectivity index (χ2n) is 10.3. The van der Waals surface area contributed by atoms with Crippen LogP contribution in [-0.4, -0.2) is 94.9 Å². The molecule has 0 fully saturated rings. The minimum Gasteiger partial charge on any atom is -0.494 e. The molecule has 42 heavy (non-hydrogen) atoms. The Bertz CT molecular complexity index is 1510. The van der Waals surface area contributed by atoms with E-state index in [1.165, 1.54) is 22.0 Å². The third-order valence-electron chi connectivity index (χ3n) is 6.66. The zero-order valence-corrected chi connectivity index (χ0v) is 23.4. The van der Waals surface area contributed by atoms with Gasteiger partial charge in [0.1, 0.15) is 29.6 Å². The summed E-state index contributed by atoms with van der Waals surface area (Å²) in [6.45, 7) is 5.07. The number of H-pyrrole nitrogens is 1. The van der Waals surface area contributed by atoms with Gasteiger partial charge >= 0.3 is 0 Å². The van der Waals surface area contributed by atoms with Gasteiger partial charge in [0.15, 0.2) is 5.82 Å². The summed E-state index contributed by atoms with van der Waals surface area (Å²) in [5.74, 6) is 0.708. The van der Waals surface area contributed by atoms with Crippen molar-refractivity contribution < 1.29 is 19.1 Å². The highest BCUT2D eigenvalue weighted by Crippen LogP contribution is 2.23. The lowest BCUT2D eigenvalue weighted by molar-refractivity contribution is -0.129. The summed E-state index contributed by atoms with van der Waals surface area (Å²) in [6, 6.07) is 8.34. The molecular formula is C27H33N11O4. The van der Waals surface area contributed by atoms with Crippen molar-refractivity contribution >= 4 is 17.7 Å². The highest BCUT2D eigenvalue weighted by molar-refractivity contribution is 5.96. The molecule has 1 aromatic carbocycles. The van der Waals surface area contributed by atoms with Crippen LogP contribution in [0.4, 0.5) is 0 Å². The lowest BCUT2D eigenvalue weighted by Gasteiger charge is -2.25. The number of carbonyl (C=O) groups excluding carboxylic acids is 3. The van der Waals surface area contributed by atoms with Crippen LogP contribution in [-0.2, 0) is 16.1 Å². The van der Waals surface area contributed by atoms with Crippen molar-refractivity contribution in [2.24, 2.45) is 5.92 Å². The lowest BCUT2D eigenvalue weighted by Crippen LogP contribution is -2.51. The van der Waals surface area contributed by atoms with Gasteiger partial charge in [-0.2, -0.15) is 9.78 Å². The Labute approximate surface area is 241 Å². The predicted molar refractivity (Wildman–Crippen MR) is 149 cm³/mol. The number of nitrogens with zero attached hydrogens (tertiary/aromatic N) is 8. The maximum atomic E-state index is 13.5. The fourth-order valence-corrected chi connectivity index (χ4v) is 4.69. The molecule has 220 valence electrons. The van der Waals surface area contributed by atoms with Crippen LogP contribution in [0.25, 0.3) is 17.2 Å². The van der Waals surface area contributed by atoms with Gasteiger partial charge in [0.2, 0.25) is 11.8 Å². The van der Waals surface area contributed by atoms with Crippen LogP contribution in [0.2, 0.25) is 0 Å². The predicted octanol–water partition coefficient (Wildman–Crippen LogP) is 0.821. The molecule has 1 aliphatic heterocycles. The van der Waals surface area contributed by atoms with E-state index in [9.17, 15) is 14.4 Å². The molecule has 1 atom stereocenters. The molecule has 15 heteroatoms. The second kappa shape index (κ2) is 13.1. The van der Waals surface area contributed by atoms with E-state index in [1.54, 1.807) is 6.20 Å². The Kier molecular flexibility index (Phi) is 8.84. The quantitative estimate of drug-likeness (QED) is 0.318. The van der Waals surface area contributed by atoms with Gasteiger partial charge in [0, 0.05) is 43.7 Å². The number of imidazole rings is 1.